The van der Waals surface area contributed by atoms with E-state index in [0.717, 1.165) is 11.1 Å². The van der Waals surface area contributed by atoms with Gasteiger partial charge in [0.05, 0.1) is 0 Å². The lowest BCUT2D eigenvalue weighted by Crippen LogP contribution is -2.49. The van der Waals surface area contributed by atoms with Gasteiger partial charge in [-0.15, -0.1) is 0 Å². The molecule has 1 atom stereocenters. The summed E-state index contributed by atoms with van der Waals surface area (Å²) < 4.78 is 5.36. The molecule has 2 aromatic rings. The van der Waals surface area contributed by atoms with Gasteiger partial charge >= 0.3 is 6.09 Å². The minimum atomic E-state index is -0.690. The first-order chi connectivity index (χ1) is 14.3. The predicted octanol–water partition coefficient (Wildman–Crippen LogP) is 3.90. The van der Waals surface area contributed by atoms with Crippen molar-refractivity contribution in [1.82, 2.24) is 20.2 Å². The topological polar surface area (TPSA) is 84.4 Å². The summed E-state index contributed by atoms with van der Waals surface area (Å²) in [6.07, 6.45) is 8.07. The van der Waals surface area contributed by atoms with Gasteiger partial charge in [-0.2, -0.15) is 0 Å². The Balaban J connectivity index is 2.22. The first kappa shape index (κ1) is 23.3. The maximum Gasteiger partial charge on any atom is 0.408 e. The summed E-state index contributed by atoms with van der Waals surface area (Å²) in [5.74, 6) is -0.164. The molecule has 0 unspecified atom stereocenters. The van der Waals surface area contributed by atoms with Crippen LogP contribution in [0.1, 0.15) is 51.2 Å². The zero-order chi connectivity index (χ0) is 22.0. The maximum absolute atomic E-state index is 13.5. The minimum Gasteiger partial charge on any atom is -0.444 e. The molecule has 30 heavy (non-hydrogen) atoms. The molecule has 2 amide bonds. The van der Waals surface area contributed by atoms with Crippen molar-refractivity contribution in [3.8, 4) is 0 Å². The smallest absolute Gasteiger partial charge is 0.408 e. The SMILES string of the molecule is [CH2]CCC[C@H](NC(=O)OC(C)(C)C)C(=O)N(Cc1ccncc1)Cc1ccncc1. The van der Waals surface area contributed by atoms with E-state index in [1.165, 1.54) is 0 Å². The molecular weight excluding hydrogens is 380 g/mol. The van der Waals surface area contributed by atoms with Gasteiger partial charge in [-0.05, 0) is 62.6 Å². The third-order valence-electron chi connectivity index (χ3n) is 4.29. The third-order valence-corrected chi connectivity index (χ3v) is 4.29. The summed E-state index contributed by atoms with van der Waals surface area (Å²) in [6, 6.07) is 6.81. The Kier molecular flexibility index (Phi) is 8.77. The summed E-state index contributed by atoms with van der Waals surface area (Å²) in [5.41, 5.74) is 1.28. The van der Waals surface area contributed by atoms with Gasteiger partial charge in [0.25, 0.3) is 0 Å². The molecule has 0 fully saturated rings. The zero-order valence-electron chi connectivity index (χ0n) is 18.0. The number of amides is 2. The fraction of sp³-hybridized carbons (Fsp3) is 0.435. The Morgan fingerprint density at radius 2 is 1.53 bits per heavy atom. The van der Waals surface area contributed by atoms with Crippen molar-refractivity contribution in [3.05, 3.63) is 67.1 Å². The molecule has 0 spiro atoms. The molecule has 0 aliphatic heterocycles. The van der Waals surface area contributed by atoms with Crippen LogP contribution in [-0.2, 0) is 22.6 Å². The van der Waals surface area contributed by atoms with E-state index in [-0.39, 0.29) is 5.91 Å². The van der Waals surface area contributed by atoms with E-state index in [0.29, 0.717) is 32.4 Å². The normalized spacial score (nSPS) is 12.1. The fourth-order valence-electron chi connectivity index (χ4n) is 2.90. The van der Waals surface area contributed by atoms with Crippen LogP contribution in [0, 0.1) is 6.92 Å². The summed E-state index contributed by atoms with van der Waals surface area (Å²) in [7, 11) is 0. The van der Waals surface area contributed by atoms with Gasteiger partial charge in [0, 0.05) is 37.9 Å². The Morgan fingerprint density at radius 3 is 1.97 bits per heavy atom. The molecule has 1 radical (unpaired) electrons. The van der Waals surface area contributed by atoms with Gasteiger partial charge in [0.1, 0.15) is 11.6 Å². The van der Waals surface area contributed by atoms with E-state index in [1.54, 1.807) is 50.5 Å². The summed E-state index contributed by atoms with van der Waals surface area (Å²) in [6.45, 7) is 10.0. The lowest BCUT2D eigenvalue weighted by Gasteiger charge is -2.29. The number of nitrogens with zero attached hydrogens (tertiary/aromatic N) is 3. The number of hydrogen-bond acceptors (Lipinski definition) is 5. The van der Waals surface area contributed by atoms with Crippen LogP contribution in [0.4, 0.5) is 4.79 Å². The average Bonchev–Trinajstić information content (AvgIpc) is 2.70. The second-order valence-electron chi connectivity index (χ2n) is 8.10. The van der Waals surface area contributed by atoms with Gasteiger partial charge in [0.15, 0.2) is 0 Å². The number of rotatable bonds is 9. The molecule has 7 heteroatoms. The van der Waals surface area contributed by atoms with E-state index < -0.39 is 17.7 Å². The number of pyridine rings is 2. The first-order valence-corrected chi connectivity index (χ1v) is 10.1. The van der Waals surface area contributed by atoms with E-state index in [4.69, 9.17) is 4.74 Å². The number of ether oxygens (including phenoxy) is 1. The monoisotopic (exact) mass is 411 g/mol. The highest BCUT2D eigenvalue weighted by molar-refractivity contribution is 5.85. The number of carbonyl (C=O) groups excluding carboxylic acids is 2. The van der Waals surface area contributed by atoms with Gasteiger partial charge in [-0.3, -0.25) is 14.8 Å². The number of hydrogen-bond donors (Lipinski definition) is 1. The number of carbonyl (C=O) groups is 2. The van der Waals surface area contributed by atoms with Gasteiger partial charge in [-0.1, -0.05) is 19.8 Å². The maximum atomic E-state index is 13.5. The van der Waals surface area contributed by atoms with Crippen LogP contribution in [0.2, 0.25) is 0 Å². The van der Waals surface area contributed by atoms with Crippen molar-refractivity contribution in [2.24, 2.45) is 0 Å². The quantitative estimate of drug-likeness (QED) is 0.676. The van der Waals surface area contributed by atoms with Crippen LogP contribution in [0.5, 0.6) is 0 Å². The van der Waals surface area contributed by atoms with E-state index in [2.05, 4.69) is 22.2 Å². The summed E-state index contributed by atoms with van der Waals surface area (Å²) >= 11 is 0. The number of unbranched alkanes of at least 4 members (excludes halogenated alkanes) is 1. The number of nitrogens with one attached hydrogen (secondary N) is 1. The van der Waals surface area contributed by atoms with Gasteiger partial charge in [0.2, 0.25) is 5.91 Å². The molecule has 161 valence electrons. The van der Waals surface area contributed by atoms with Crippen LogP contribution < -0.4 is 5.32 Å². The summed E-state index contributed by atoms with van der Waals surface area (Å²) in [4.78, 5) is 35.6. The van der Waals surface area contributed by atoms with Crippen LogP contribution in [0.3, 0.4) is 0 Å². The molecule has 1 N–H and O–H groups in total. The molecule has 0 saturated carbocycles. The highest BCUT2D eigenvalue weighted by Crippen LogP contribution is 2.14. The molecule has 0 aromatic carbocycles. The average molecular weight is 412 g/mol. The lowest BCUT2D eigenvalue weighted by atomic mass is 10.1. The van der Waals surface area contributed by atoms with Crippen LogP contribution in [0.25, 0.3) is 0 Å². The third kappa shape index (κ3) is 8.19. The van der Waals surface area contributed by atoms with Crippen LogP contribution in [0.15, 0.2) is 49.1 Å². The Bertz CT molecular complexity index is 750. The van der Waals surface area contributed by atoms with Crippen molar-refractivity contribution >= 4 is 12.0 Å². The van der Waals surface area contributed by atoms with Crippen molar-refractivity contribution < 1.29 is 14.3 Å². The van der Waals surface area contributed by atoms with Crippen molar-refractivity contribution in [2.75, 3.05) is 0 Å². The Morgan fingerprint density at radius 1 is 1.03 bits per heavy atom. The van der Waals surface area contributed by atoms with Crippen LogP contribution >= 0.6 is 0 Å². The molecule has 2 heterocycles. The minimum absolute atomic E-state index is 0.164. The van der Waals surface area contributed by atoms with Gasteiger partial charge < -0.3 is 15.0 Å². The van der Waals surface area contributed by atoms with Crippen molar-refractivity contribution in [1.29, 1.82) is 0 Å². The Labute approximate surface area is 178 Å². The van der Waals surface area contributed by atoms with Crippen LogP contribution in [-0.4, -0.2) is 38.5 Å². The molecule has 0 bridgehead atoms. The van der Waals surface area contributed by atoms with Gasteiger partial charge in [-0.25, -0.2) is 4.79 Å². The van der Waals surface area contributed by atoms with E-state index in [9.17, 15) is 9.59 Å². The molecule has 7 nitrogen and oxygen atoms in total. The van der Waals surface area contributed by atoms with Crippen molar-refractivity contribution in [2.45, 2.75) is 64.8 Å². The Hall–Kier alpha value is -2.96. The molecule has 2 aromatic heterocycles. The molecule has 2 rings (SSSR count). The zero-order valence-corrected chi connectivity index (χ0v) is 18.0. The molecule has 0 saturated heterocycles. The standard InChI is InChI=1S/C23H31N4O3/c1-5-6-7-20(26-22(29)30-23(2,3)4)21(28)27(16-18-8-12-24-13-9-18)17-19-10-14-25-15-11-19/h8-15,20H,1,5-7,16-17H2,2-4H3,(H,26,29)/t20-/m0/s1. The highest BCUT2D eigenvalue weighted by atomic mass is 16.6. The molecule has 0 aliphatic carbocycles. The highest BCUT2D eigenvalue weighted by Gasteiger charge is 2.28. The van der Waals surface area contributed by atoms with E-state index in [1.807, 2.05) is 24.3 Å². The number of alkyl carbamates (subject to hydrolysis) is 1. The first-order valence-electron chi connectivity index (χ1n) is 10.1. The molecule has 0 aliphatic rings. The summed E-state index contributed by atoms with van der Waals surface area (Å²) in [5, 5.41) is 2.76. The number of aromatic nitrogens is 2. The molecular formula is C23H31N4O3. The fourth-order valence-corrected chi connectivity index (χ4v) is 2.90. The lowest BCUT2D eigenvalue weighted by molar-refractivity contribution is -0.135. The largest absolute Gasteiger partial charge is 0.444 e. The van der Waals surface area contributed by atoms with Crippen molar-refractivity contribution in [3.63, 3.8) is 0 Å². The second-order valence-corrected chi connectivity index (χ2v) is 8.10. The van der Waals surface area contributed by atoms with E-state index >= 15 is 0 Å². The second kappa shape index (κ2) is 11.3. The predicted molar refractivity (Wildman–Crippen MR) is 115 cm³/mol.